The third-order valence-electron chi connectivity index (χ3n) is 12.6. The van der Waals surface area contributed by atoms with Gasteiger partial charge < -0.3 is 0 Å². The van der Waals surface area contributed by atoms with Gasteiger partial charge in [0.1, 0.15) is 0 Å². The fraction of sp³-hybridized carbons (Fsp3) is 0.0182. The first-order valence-corrected chi connectivity index (χ1v) is 21.8. The summed E-state index contributed by atoms with van der Waals surface area (Å²) in [5.41, 5.74) is 18.3. The monoisotopic (exact) mass is 772 g/mol. The first-order valence-electron chi connectivity index (χ1n) is 20.2. The molecule has 3 nitrogen and oxygen atoms in total. The number of para-hydroxylation sites is 2. The highest BCUT2D eigenvalue weighted by Gasteiger charge is 2.52. The molecule has 9 aromatic carbocycles. The van der Waals surface area contributed by atoms with E-state index in [1.54, 1.807) is 0 Å². The van der Waals surface area contributed by atoms with E-state index in [2.05, 4.69) is 167 Å². The molecule has 1 spiro atoms. The van der Waals surface area contributed by atoms with E-state index in [0.29, 0.717) is 0 Å². The van der Waals surface area contributed by atoms with E-state index < -0.39 is 12.9 Å². The minimum atomic E-state index is -3.47. The second-order valence-electron chi connectivity index (χ2n) is 15.6. The van der Waals surface area contributed by atoms with E-state index in [-0.39, 0.29) is 0 Å². The lowest BCUT2D eigenvalue weighted by atomic mass is 9.70. The molecule has 0 amide bonds. The first-order chi connectivity index (χ1) is 29.2. The number of anilines is 4. The molecule has 0 fully saturated rings. The Balaban J connectivity index is 1.04. The molecule has 1 unspecified atom stereocenters. The van der Waals surface area contributed by atoms with E-state index >= 15 is 4.57 Å². The molecule has 0 bridgehead atoms. The molecule has 1 aliphatic heterocycles. The summed E-state index contributed by atoms with van der Waals surface area (Å²) in [5, 5.41) is 0.774. The van der Waals surface area contributed by atoms with Crippen LogP contribution < -0.4 is 14.6 Å². The van der Waals surface area contributed by atoms with Crippen LogP contribution in [0.15, 0.2) is 224 Å². The van der Waals surface area contributed by atoms with Crippen molar-refractivity contribution in [2.24, 2.45) is 0 Å². The van der Waals surface area contributed by atoms with E-state index in [1.165, 1.54) is 50.1 Å². The first kappa shape index (κ1) is 33.9. The summed E-state index contributed by atoms with van der Waals surface area (Å²) < 4.78 is 20.3. The van der Waals surface area contributed by atoms with Crippen molar-refractivity contribution in [3.05, 3.63) is 247 Å². The molecule has 278 valence electrons. The number of fused-ring (bicyclic) bond motifs is 11. The van der Waals surface area contributed by atoms with Gasteiger partial charge in [-0.3, -0.25) is 13.9 Å². The molecule has 2 aliphatic carbocycles. The fourth-order valence-corrected chi connectivity index (χ4v) is 13.3. The van der Waals surface area contributed by atoms with Crippen molar-refractivity contribution >= 4 is 35.5 Å². The average Bonchev–Trinajstić information content (AvgIpc) is 3.89. The van der Waals surface area contributed by atoms with Crippen molar-refractivity contribution in [2.75, 3.05) is 9.34 Å². The van der Waals surface area contributed by atoms with Crippen molar-refractivity contribution < 1.29 is 4.57 Å². The zero-order valence-corrected chi connectivity index (χ0v) is 33.0. The Kier molecular flexibility index (Phi) is 7.42. The zero-order chi connectivity index (χ0) is 39.1. The van der Waals surface area contributed by atoms with Crippen LogP contribution >= 0.6 is 7.44 Å². The SMILES string of the molecule is O=P1(c2ccccc2)N(c2ccccc2)c2ccc(-c3cccc(-c4cccc5c4-c4ccccc4C54c5ccccc5-c5ccccc54)c3)cc2N1c1ccccc1. The van der Waals surface area contributed by atoms with Crippen LogP contribution in [0.1, 0.15) is 22.3 Å². The fourth-order valence-electron chi connectivity index (χ4n) is 10.3. The predicted molar refractivity (Wildman–Crippen MR) is 244 cm³/mol. The van der Waals surface area contributed by atoms with Gasteiger partial charge in [0.15, 0.2) is 0 Å². The molecule has 0 saturated heterocycles. The molecule has 12 rings (SSSR count). The van der Waals surface area contributed by atoms with Crippen LogP contribution in [0.5, 0.6) is 0 Å². The second-order valence-corrected chi connectivity index (χ2v) is 18.0. The van der Waals surface area contributed by atoms with Gasteiger partial charge in [0.2, 0.25) is 0 Å². The Labute approximate surface area is 344 Å². The molecule has 1 atom stereocenters. The van der Waals surface area contributed by atoms with Crippen LogP contribution in [-0.2, 0) is 9.98 Å². The molecule has 0 radical (unpaired) electrons. The van der Waals surface area contributed by atoms with Crippen LogP contribution in [0.25, 0.3) is 44.5 Å². The number of hydrogen-bond donors (Lipinski definition) is 0. The molecular formula is C55H37N2OP. The summed E-state index contributed by atoms with van der Waals surface area (Å²) in [6.07, 6.45) is 0. The zero-order valence-electron chi connectivity index (χ0n) is 32.1. The molecule has 1 heterocycles. The highest BCUT2D eigenvalue weighted by atomic mass is 31.2. The summed E-state index contributed by atoms with van der Waals surface area (Å²) in [4.78, 5) is 0. The minimum Gasteiger partial charge on any atom is -0.270 e. The van der Waals surface area contributed by atoms with Gasteiger partial charge in [-0.25, -0.2) is 0 Å². The third-order valence-corrected chi connectivity index (χ3v) is 15.5. The normalized spacial score (nSPS) is 16.3. The molecule has 3 aliphatic rings. The topological polar surface area (TPSA) is 23.6 Å². The van der Waals surface area contributed by atoms with Crippen molar-refractivity contribution in [2.45, 2.75) is 5.41 Å². The molecule has 0 saturated carbocycles. The lowest BCUT2D eigenvalue weighted by Gasteiger charge is -2.33. The maximum Gasteiger partial charge on any atom is 0.301 e. The highest BCUT2D eigenvalue weighted by Crippen LogP contribution is 2.70. The number of rotatable bonds is 5. The van der Waals surface area contributed by atoms with Gasteiger partial charge in [-0.15, -0.1) is 0 Å². The lowest BCUT2D eigenvalue weighted by molar-refractivity contribution is 0.582. The minimum absolute atomic E-state index is 0.398. The van der Waals surface area contributed by atoms with Gasteiger partial charge in [-0.05, 0) is 121 Å². The quantitative estimate of drug-likeness (QED) is 0.163. The lowest BCUT2D eigenvalue weighted by Crippen LogP contribution is -2.26. The van der Waals surface area contributed by atoms with Gasteiger partial charge in [-0.1, -0.05) is 170 Å². The predicted octanol–water partition coefficient (Wildman–Crippen LogP) is 14.2. The maximum absolute atomic E-state index is 16.1. The number of benzene rings is 9. The van der Waals surface area contributed by atoms with Gasteiger partial charge in [0.25, 0.3) is 0 Å². The van der Waals surface area contributed by atoms with Crippen LogP contribution in [0.2, 0.25) is 0 Å². The Hall–Kier alpha value is -7.19. The van der Waals surface area contributed by atoms with Crippen LogP contribution in [0, 0.1) is 0 Å². The Morgan fingerprint density at radius 2 is 0.797 bits per heavy atom. The highest BCUT2D eigenvalue weighted by molar-refractivity contribution is 7.76. The number of nitrogens with zero attached hydrogens (tertiary/aromatic N) is 2. The number of hydrogen-bond acceptors (Lipinski definition) is 1. The summed E-state index contributed by atoms with van der Waals surface area (Å²) in [6.45, 7) is 0. The van der Waals surface area contributed by atoms with E-state index in [9.17, 15) is 0 Å². The van der Waals surface area contributed by atoms with Crippen molar-refractivity contribution in [1.82, 2.24) is 0 Å². The summed E-state index contributed by atoms with van der Waals surface area (Å²) in [6, 6.07) is 79.5. The molecule has 59 heavy (non-hydrogen) atoms. The Morgan fingerprint density at radius 1 is 0.339 bits per heavy atom. The molecule has 9 aromatic rings. The van der Waals surface area contributed by atoms with Gasteiger partial charge in [0, 0.05) is 11.4 Å². The summed E-state index contributed by atoms with van der Waals surface area (Å²) in [7, 11) is -3.47. The maximum atomic E-state index is 16.1. The standard InChI is InChI=1S/C55H37N2OP/c58-59(43-24-8-3-9-25-43)56(41-20-4-1-5-21-41)52-35-34-39(37-53(52)57(59)42-22-6-2-7-23-42)38-18-16-19-40(36-38)44-29-17-33-51-54(44)47-28-12-15-32-50(47)55(51)48-30-13-10-26-45(48)46-27-11-14-31-49(46)55/h1-37H. The molecule has 4 heteroatoms. The van der Waals surface area contributed by atoms with Gasteiger partial charge in [-0.2, -0.15) is 0 Å². The second kappa shape index (κ2) is 12.9. The van der Waals surface area contributed by atoms with E-state index in [0.717, 1.165) is 44.7 Å². The Bertz CT molecular complexity index is 3110. The largest absolute Gasteiger partial charge is 0.301 e. The molecule has 0 aromatic heterocycles. The summed E-state index contributed by atoms with van der Waals surface area (Å²) in [5.74, 6) is 0. The van der Waals surface area contributed by atoms with Crippen LogP contribution in [0.3, 0.4) is 0 Å². The summed E-state index contributed by atoms with van der Waals surface area (Å²) >= 11 is 0. The van der Waals surface area contributed by atoms with Crippen molar-refractivity contribution in [3.63, 3.8) is 0 Å². The van der Waals surface area contributed by atoms with E-state index in [1.807, 2.05) is 66.7 Å². The average molecular weight is 773 g/mol. The van der Waals surface area contributed by atoms with Crippen LogP contribution in [-0.4, -0.2) is 0 Å². The van der Waals surface area contributed by atoms with Crippen molar-refractivity contribution in [3.8, 4) is 44.5 Å². The van der Waals surface area contributed by atoms with Crippen LogP contribution in [0.4, 0.5) is 22.7 Å². The smallest absolute Gasteiger partial charge is 0.270 e. The van der Waals surface area contributed by atoms with Gasteiger partial charge >= 0.3 is 7.44 Å². The van der Waals surface area contributed by atoms with Crippen molar-refractivity contribution in [1.29, 1.82) is 0 Å². The van der Waals surface area contributed by atoms with Gasteiger partial charge in [0.05, 0.1) is 22.1 Å². The molecular weight excluding hydrogens is 736 g/mol. The van der Waals surface area contributed by atoms with E-state index in [4.69, 9.17) is 0 Å². The third kappa shape index (κ3) is 4.68. The molecule has 0 N–H and O–H groups in total. The Morgan fingerprint density at radius 3 is 1.44 bits per heavy atom.